The zero-order valence-corrected chi connectivity index (χ0v) is 18.5. The van der Waals surface area contributed by atoms with Crippen LogP contribution < -0.4 is 10.2 Å². The molecule has 1 aliphatic heterocycles. The van der Waals surface area contributed by atoms with Gasteiger partial charge in [0.2, 0.25) is 5.96 Å². The number of piperazine rings is 1. The quantitative estimate of drug-likeness (QED) is 0.292. The standard InChI is InChI=1S/C24H26FN7/c1-16(2)22-14-31(23-13-27-21-12-18(25)8-9-20(21)29-23)10-11-32(22)24(28-15-26)30-19-7-5-4-6-17(19)3/h4-9,12-13,16,22H,10-11,14H2,1-3H3,(H,28,30). The number of aryl methyl sites for hydroxylation is 1. The van der Waals surface area contributed by atoms with Crippen molar-refractivity contribution in [1.29, 1.82) is 5.26 Å². The predicted octanol–water partition coefficient (Wildman–Crippen LogP) is 3.98. The summed E-state index contributed by atoms with van der Waals surface area (Å²) in [7, 11) is 0. The fourth-order valence-electron chi connectivity index (χ4n) is 4.00. The third-order valence-electron chi connectivity index (χ3n) is 5.79. The van der Waals surface area contributed by atoms with Crippen LogP contribution in [0.4, 0.5) is 15.9 Å². The molecule has 2 heterocycles. The van der Waals surface area contributed by atoms with Gasteiger partial charge in [-0.3, -0.25) is 10.3 Å². The van der Waals surface area contributed by atoms with E-state index in [0.29, 0.717) is 42.5 Å². The first-order valence-corrected chi connectivity index (χ1v) is 10.7. The van der Waals surface area contributed by atoms with Crippen molar-refractivity contribution >= 4 is 28.5 Å². The molecule has 32 heavy (non-hydrogen) atoms. The Bertz CT molecular complexity index is 1180. The van der Waals surface area contributed by atoms with Crippen LogP contribution in [0.15, 0.2) is 53.7 Å². The molecule has 1 N–H and O–H groups in total. The van der Waals surface area contributed by atoms with Gasteiger partial charge in [0.25, 0.3) is 0 Å². The number of hydrogen-bond donors (Lipinski definition) is 1. The minimum atomic E-state index is -0.321. The lowest BCUT2D eigenvalue weighted by atomic mass is 10.00. The first-order chi connectivity index (χ1) is 15.5. The average Bonchev–Trinajstić information content (AvgIpc) is 2.79. The number of halogens is 1. The van der Waals surface area contributed by atoms with Gasteiger partial charge in [0, 0.05) is 25.7 Å². The topological polar surface area (TPSA) is 80.4 Å². The molecule has 0 radical (unpaired) electrons. The summed E-state index contributed by atoms with van der Waals surface area (Å²) in [6.45, 7) is 8.40. The van der Waals surface area contributed by atoms with E-state index in [4.69, 9.17) is 9.98 Å². The van der Waals surface area contributed by atoms with E-state index in [0.717, 1.165) is 17.1 Å². The summed E-state index contributed by atoms with van der Waals surface area (Å²) in [5.74, 6) is 1.31. The monoisotopic (exact) mass is 431 g/mol. The molecule has 4 rings (SSSR count). The third-order valence-corrected chi connectivity index (χ3v) is 5.79. The van der Waals surface area contributed by atoms with E-state index in [9.17, 15) is 9.65 Å². The number of fused-ring (bicyclic) bond motifs is 1. The van der Waals surface area contributed by atoms with E-state index >= 15 is 0 Å². The van der Waals surface area contributed by atoms with E-state index in [-0.39, 0.29) is 11.9 Å². The zero-order valence-electron chi connectivity index (χ0n) is 18.5. The number of anilines is 1. The number of nitriles is 1. The third kappa shape index (κ3) is 4.47. The molecule has 1 unspecified atom stereocenters. The molecular formula is C24H26FN7. The van der Waals surface area contributed by atoms with Gasteiger partial charge in [0.05, 0.1) is 29.0 Å². The van der Waals surface area contributed by atoms with Gasteiger partial charge in [-0.05, 0) is 36.6 Å². The maximum Gasteiger partial charge on any atom is 0.212 e. The van der Waals surface area contributed by atoms with Crippen LogP contribution in [-0.4, -0.2) is 46.5 Å². The summed E-state index contributed by atoms with van der Waals surface area (Å²) in [5, 5.41) is 12.2. The van der Waals surface area contributed by atoms with Gasteiger partial charge in [-0.1, -0.05) is 32.0 Å². The highest BCUT2D eigenvalue weighted by Crippen LogP contribution is 2.25. The first-order valence-electron chi connectivity index (χ1n) is 10.7. The van der Waals surface area contributed by atoms with Crippen molar-refractivity contribution in [3.63, 3.8) is 0 Å². The summed E-state index contributed by atoms with van der Waals surface area (Å²) in [4.78, 5) is 18.2. The second kappa shape index (κ2) is 9.18. The highest BCUT2D eigenvalue weighted by atomic mass is 19.1. The fourth-order valence-corrected chi connectivity index (χ4v) is 4.00. The molecule has 1 aromatic heterocycles. The SMILES string of the molecule is Cc1ccccc1N=C(NC#N)N1CCN(c2cnc3cc(F)ccc3n2)CC1C(C)C. The number of hydrogen-bond acceptors (Lipinski definition) is 5. The second-order valence-electron chi connectivity index (χ2n) is 8.27. The molecule has 8 heteroatoms. The molecule has 0 saturated carbocycles. The fraction of sp³-hybridized carbons (Fsp3) is 0.333. The maximum absolute atomic E-state index is 13.5. The maximum atomic E-state index is 13.5. The van der Waals surface area contributed by atoms with Gasteiger partial charge in [-0.25, -0.2) is 14.4 Å². The van der Waals surface area contributed by atoms with Crippen molar-refractivity contribution in [2.45, 2.75) is 26.8 Å². The van der Waals surface area contributed by atoms with E-state index in [1.165, 1.54) is 12.1 Å². The van der Waals surface area contributed by atoms with E-state index < -0.39 is 0 Å². The van der Waals surface area contributed by atoms with Crippen LogP contribution in [-0.2, 0) is 0 Å². The number of nitrogens with zero attached hydrogens (tertiary/aromatic N) is 6. The van der Waals surface area contributed by atoms with Crippen molar-refractivity contribution < 1.29 is 4.39 Å². The van der Waals surface area contributed by atoms with Crippen LogP contribution in [0, 0.1) is 30.1 Å². The number of para-hydroxylation sites is 1. The molecule has 0 bridgehead atoms. The van der Waals surface area contributed by atoms with Crippen LogP contribution in [0.1, 0.15) is 19.4 Å². The minimum Gasteiger partial charge on any atom is -0.351 e. The first kappa shape index (κ1) is 21.5. The lowest BCUT2D eigenvalue weighted by Gasteiger charge is -2.44. The number of guanidine groups is 1. The molecule has 1 atom stereocenters. The van der Waals surface area contributed by atoms with Crippen LogP contribution in [0.5, 0.6) is 0 Å². The van der Waals surface area contributed by atoms with Crippen LogP contribution >= 0.6 is 0 Å². The molecule has 1 aliphatic rings. The van der Waals surface area contributed by atoms with Gasteiger partial charge in [-0.15, -0.1) is 0 Å². The molecule has 0 aliphatic carbocycles. The highest BCUT2D eigenvalue weighted by Gasteiger charge is 2.32. The number of nitrogens with one attached hydrogen (secondary N) is 1. The summed E-state index contributed by atoms with van der Waals surface area (Å²) < 4.78 is 13.5. The van der Waals surface area contributed by atoms with Crippen molar-refractivity contribution in [2.24, 2.45) is 10.9 Å². The van der Waals surface area contributed by atoms with E-state index in [1.807, 2.05) is 37.4 Å². The molecule has 164 valence electrons. The largest absolute Gasteiger partial charge is 0.351 e. The molecule has 3 aromatic rings. The van der Waals surface area contributed by atoms with Gasteiger partial charge in [0.1, 0.15) is 11.6 Å². The number of aromatic nitrogens is 2. The van der Waals surface area contributed by atoms with Crippen LogP contribution in [0.25, 0.3) is 11.0 Å². The minimum absolute atomic E-state index is 0.109. The van der Waals surface area contributed by atoms with Crippen LogP contribution in [0.2, 0.25) is 0 Å². The Labute approximate surface area is 187 Å². The normalized spacial score (nSPS) is 17.0. The van der Waals surface area contributed by atoms with Crippen LogP contribution in [0.3, 0.4) is 0 Å². The molecule has 0 amide bonds. The second-order valence-corrected chi connectivity index (χ2v) is 8.27. The number of benzene rings is 2. The van der Waals surface area contributed by atoms with Crippen molar-refractivity contribution in [1.82, 2.24) is 20.2 Å². The molecular weight excluding hydrogens is 405 g/mol. The molecule has 2 aromatic carbocycles. The molecule has 1 saturated heterocycles. The Hall–Kier alpha value is -3.73. The molecule has 7 nitrogen and oxygen atoms in total. The van der Waals surface area contributed by atoms with E-state index in [1.54, 1.807) is 12.3 Å². The zero-order chi connectivity index (χ0) is 22.7. The summed E-state index contributed by atoms with van der Waals surface area (Å²) in [6, 6.07) is 12.4. The Morgan fingerprint density at radius 1 is 1.22 bits per heavy atom. The van der Waals surface area contributed by atoms with E-state index in [2.05, 4.69) is 33.9 Å². The Balaban J connectivity index is 1.62. The smallest absolute Gasteiger partial charge is 0.212 e. The molecule has 1 fully saturated rings. The number of rotatable bonds is 3. The number of aliphatic imine (C=N–C) groups is 1. The summed E-state index contributed by atoms with van der Waals surface area (Å²) in [6.07, 6.45) is 3.74. The van der Waals surface area contributed by atoms with Gasteiger partial charge >= 0.3 is 0 Å². The summed E-state index contributed by atoms with van der Waals surface area (Å²) in [5.41, 5.74) is 3.09. The predicted molar refractivity (Wildman–Crippen MR) is 124 cm³/mol. The van der Waals surface area contributed by atoms with Gasteiger partial charge in [0.15, 0.2) is 6.19 Å². The van der Waals surface area contributed by atoms with Gasteiger partial charge < -0.3 is 9.80 Å². The Morgan fingerprint density at radius 3 is 2.78 bits per heavy atom. The molecule has 0 spiro atoms. The Kier molecular flexibility index (Phi) is 6.17. The highest BCUT2D eigenvalue weighted by molar-refractivity contribution is 5.85. The average molecular weight is 432 g/mol. The Morgan fingerprint density at radius 2 is 2.03 bits per heavy atom. The van der Waals surface area contributed by atoms with Crippen molar-refractivity contribution in [3.8, 4) is 6.19 Å². The lowest BCUT2D eigenvalue weighted by Crippen LogP contribution is -2.59. The van der Waals surface area contributed by atoms with Crippen molar-refractivity contribution in [3.05, 3.63) is 60.0 Å². The van der Waals surface area contributed by atoms with Gasteiger partial charge in [-0.2, -0.15) is 5.26 Å². The van der Waals surface area contributed by atoms with Crippen molar-refractivity contribution in [2.75, 3.05) is 24.5 Å². The lowest BCUT2D eigenvalue weighted by molar-refractivity contribution is 0.220. The summed E-state index contributed by atoms with van der Waals surface area (Å²) >= 11 is 0.